The predicted molar refractivity (Wildman–Crippen MR) is 101 cm³/mol. The first-order valence-electron chi connectivity index (χ1n) is 8.45. The molecule has 2 N–H and O–H groups in total. The Balaban J connectivity index is 1.72. The van der Waals surface area contributed by atoms with Crippen molar-refractivity contribution in [3.8, 4) is 11.3 Å². The molecule has 0 amide bonds. The summed E-state index contributed by atoms with van der Waals surface area (Å²) < 4.78 is 14.3. The zero-order valence-electron chi connectivity index (χ0n) is 15.0. The fourth-order valence-electron chi connectivity index (χ4n) is 3.03. The van der Waals surface area contributed by atoms with Gasteiger partial charge in [-0.3, -0.25) is 4.40 Å². The van der Waals surface area contributed by atoms with Crippen LogP contribution in [0.2, 0.25) is 0 Å². The molecule has 0 spiro atoms. The Morgan fingerprint density at radius 3 is 2.44 bits per heavy atom. The van der Waals surface area contributed by atoms with E-state index in [4.69, 9.17) is 15.0 Å². The second kappa shape index (κ2) is 5.34. The van der Waals surface area contributed by atoms with Crippen LogP contribution in [0.15, 0.2) is 48.8 Å². The molecule has 1 aliphatic rings. The van der Waals surface area contributed by atoms with Crippen LogP contribution in [-0.4, -0.2) is 27.7 Å². The standard InChI is InChI=1S/C19H22BN3O2/c1-18(2)19(3,4)25-20(24-18)14-8-9-23-16(12-22-17(23)11-14)13-6-5-7-15(21)10-13/h5-12H,21H2,1-4H3. The van der Waals surface area contributed by atoms with Gasteiger partial charge in [-0.05, 0) is 57.4 Å². The molecule has 1 saturated heterocycles. The highest BCUT2D eigenvalue weighted by atomic mass is 16.7. The Morgan fingerprint density at radius 1 is 1.04 bits per heavy atom. The lowest BCUT2D eigenvalue weighted by atomic mass is 9.80. The molecule has 25 heavy (non-hydrogen) atoms. The number of nitrogens with zero attached hydrogens (tertiary/aromatic N) is 2. The smallest absolute Gasteiger partial charge is 0.399 e. The summed E-state index contributed by atoms with van der Waals surface area (Å²) in [6, 6.07) is 11.8. The van der Waals surface area contributed by atoms with E-state index >= 15 is 0 Å². The second-order valence-corrected chi connectivity index (χ2v) is 7.55. The van der Waals surface area contributed by atoms with E-state index < -0.39 is 0 Å². The molecule has 5 nitrogen and oxygen atoms in total. The molecule has 0 saturated carbocycles. The molecule has 0 atom stereocenters. The quantitative estimate of drug-likeness (QED) is 0.578. The third-order valence-corrected chi connectivity index (χ3v) is 5.25. The van der Waals surface area contributed by atoms with Gasteiger partial charge in [0, 0.05) is 17.4 Å². The van der Waals surface area contributed by atoms with Gasteiger partial charge in [0.15, 0.2) is 0 Å². The van der Waals surface area contributed by atoms with E-state index in [1.54, 1.807) is 0 Å². The summed E-state index contributed by atoms with van der Waals surface area (Å²) in [5, 5.41) is 0. The summed E-state index contributed by atoms with van der Waals surface area (Å²) in [5.41, 5.74) is 9.79. The monoisotopic (exact) mass is 335 g/mol. The molecule has 0 bridgehead atoms. The Hall–Kier alpha value is -2.31. The van der Waals surface area contributed by atoms with Gasteiger partial charge in [-0.1, -0.05) is 12.1 Å². The van der Waals surface area contributed by atoms with Crippen molar-refractivity contribution in [3.63, 3.8) is 0 Å². The van der Waals surface area contributed by atoms with Gasteiger partial charge >= 0.3 is 7.12 Å². The number of aromatic nitrogens is 2. The number of benzene rings is 1. The number of hydrogen-bond donors (Lipinski definition) is 1. The largest absolute Gasteiger partial charge is 0.495 e. The SMILES string of the molecule is CC1(C)OB(c2ccn3c(-c4cccc(N)c4)cnc3c2)OC1(C)C. The molecule has 1 fully saturated rings. The van der Waals surface area contributed by atoms with Gasteiger partial charge in [0.25, 0.3) is 0 Å². The fraction of sp³-hybridized carbons (Fsp3) is 0.316. The van der Waals surface area contributed by atoms with Crippen molar-refractivity contribution in [1.29, 1.82) is 0 Å². The van der Waals surface area contributed by atoms with Crippen molar-refractivity contribution in [1.82, 2.24) is 9.38 Å². The molecule has 128 valence electrons. The van der Waals surface area contributed by atoms with Crippen molar-refractivity contribution in [2.24, 2.45) is 0 Å². The van der Waals surface area contributed by atoms with Crippen molar-refractivity contribution >= 4 is 23.9 Å². The molecule has 3 heterocycles. The molecule has 3 aromatic rings. The van der Waals surface area contributed by atoms with Crippen LogP contribution in [0.25, 0.3) is 16.9 Å². The maximum absolute atomic E-state index is 6.13. The van der Waals surface area contributed by atoms with Gasteiger partial charge in [-0.2, -0.15) is 0 Å². The van der Waals surface area contributed by atoms with Crippen LogP contribution >= 0.6 is 0 Å². The number of anilines is 1. The minimum atomic E-state index is -0.387. The van der Waals surface area contributed by atoms with Gasteiger partial charge in [-0.25, -0.2) is 4.98 Å². The molecular weight excluding hydrogens is 313 g/mol. The van der Waals surface area contributed by atoms with Crippen molar-refractivity contribution in [2.45, 2.75) is 38.9 Å². The Labute approximate surface area is 147 Å². The Bertz CT molecular complexity index is 933. The van der Waals surface area contributed by atoms with E-state index in [1.807, 2.05) is 53.2 Å². The highest BCUT2D eigenvalue weighted by molar-refractivity contribution is 6.62. The first-order valence-corrected chi connectivity index (χ1v) is 8.45. The van der Waals surface area contributed by atoms with E-state index in [1.165, 1.54) is 0 Å². The zero-order chi connectivity index (χ0) is 17.8. The van der Waals surface area contributed by atoms with Crippen molar-refractivity contribution in [2.75, 3.05) is 5.73 Å². The third kappa shape index (κ3) is 2.62. The first kappa shape index (κ1) is 16.2. The van der Waals surface area contributed by atoms with Crippen LogP contribution in [0.5, 0.6) is 0 Å². The zero-order valence-corrected chi connectivity index (χ0v) is 15.0. The van der Waals surface area contributed by atoms with Gasteiger partial charge in [0.05, 0.1) is 23.1 Å². The Morgan fingerprint density at radius 2 is 1.76 bits per heavy atom. The number of nitrogen functional groups attached to an aromatic ring is 1. The molecule has 2 aromatic heterocycles. The summed E-state index contributed by atoms with van der Waals surface area (Å²) in [6.45, 7) is 8.22. The van der Waals surface area contributed by atoms with Crippen LogP contribution in [0.3, 0.4) is 0 Å². The van der Waals surface area contributed by atoms with Crippen molar-refractivity contribution < 1.29 is 9.31 Å². The lowest BCUT2D eigenvalue weighted by Gasteiger charge is -2.32. The summed E-state index contributed by atoms with van der Waals surface area (Å²) in [6.07, 6.45) is 3.86. The highest BCUT2D eigenvalue weighted by Gasteiger charge is 2.51. The Kier molecular flexibility index (Phi) is 3.46. The summed E-state index contributed by atoms with van der Waals surface area (Å²) in [5.74, 6) is 0. The number of nitrogens with two attached hydrogens (primary N) is 1. The number of hydrogen-bond acceptors (Lipinski definition) is 4. The van der Waals surface area contributed by atoms with Gasteiger partial charge in [0.1, 0.15) is 5.65 Å². The van der Waals surface area contributed by atoms with Gasteiger partial charge in [-0.15, -0.1) is 0 Å². The van der Waals surface area contributed by atoms with Crippen LogP contribution in [0.1, 0.15) is 27.7 Å². The van der Waals surface area contributed by atoms with Crippen LogP contribution in [0, 0.1) is 0 Å². The first-order chi connectivity index (χ1) is 11.8. The minimum absolute atomic E-state index is 0.355. The second-order valence-electron chi connectivity index (χ2n) is 7.55. The molecular formula is C19H22BN3O2. The van der Waals surface area contributed by atoms with E-state index in [9.17, 15) is 0 Å². The maximum atomic E-state index is 6.13. The minimum Gasteiger partial charge on any atom is -0.399 e. The summed E-state index contributed by atoms with van der Waals surface area (Å²) in [7, 11) is -0.387. The number of fused-ring (bicyclic) bond motifs is 1. The lowest BCUT2D eigenvalue weighted by molar-refractivity contribution is 0.00578. The van der Waals surface area contributed by atoms with E-state index in [0.717, 1.165) is 28.1 Å². The normalized spacial score (nSPS) is 18.8. The summed E-state index contributed by atoms with van der Waals surface area (Å²) in [4.78, 5) is 4.54. The molecule has 0 radical (unpaired) electrons. The molecule has 4 rings (SSSR count). The van der Waals surface area contributed by atoms with Crippen LogP contribution < -0.4 is 11.2 Å². The average molecular weight is 335 g/mol. The van der Waals surface area contributed by atoms with Gasteiger partial charge < -0.3 is 15.0 Å². The number of imidazole rings is 1. The molecule has 0 unspecified atom stereocenters. The number of rotatable bonds is 2. The molecule has 0 aliphatic carbocycles. The third-order valence-electron chi connectivity index (χ3n) is 5.25. The lowest BCUT2D eigenvalue weighted by Crippen LogP contribution is -2.41. The summed E-state index contributed by atoms with van der Waals surface area (Å²) >= 11 is 0. The topological polar surface area (TPSA) is 61.8 Å². The van der Waals surface area contributed by atoms with Gasteiger partial charge in [0.2, 0.25) is 0 Å². The average Bonchev–Trinajstić information content (AvgIpc) is 3.05. The van der Waals surface area contributed by atoms with Crippen LogP contribution in [-0.2, 0) is 9.31 Å². The van der Waals surface area contributed by atoms with E-state index in [2.05, 4.69) is 32.7 Å². The maximum Gasteiger partial charge on any atom is 0.495 e. The molecule has 6 heteroatoms. The number of pyridine rings is 1. The van der Waals surface area contributed by atoms with Crippen molar-refractivity contribution in [3.05, 3.63) is 48.8 Å². The van der Waals surface area contributed by atoms with Crippen LogP contribution in [0.4, 0.5) is 5.69 Å². The van der Waals surface area contributed by atoms with E-state index in [-0.39, 0.29) is 18.3 Å². The fourth-order valence-corrected chi connectivity index (χ4v) is 3.03. The predicted octanol–water partition coefficient (Wildman–Crippen LogP) is 2.88. The highest BCUT2D eigenvalue weighted by Crippen LogP contribution is 2.36. The molecule has 1 aromatic carbocycles. The molecule has 1 aliphatic heterocycles. The van der Waals surface area contributed by atoms with E-state index in [0.29, 0.717) is 0 Å².